The number of carbonyl (C=O) groups excluding carboxylic acids is 1. The zero-order chi connectivity index (χ0) is 25.2. The molecule has 186 valence electrons. The van der Waals surface area contributed by atoms with E-state index in [4.69, 9.17) is 16.3 Å². The molecule has 0 bridgehead atoms. The van der Waals surface area contributed by atoms with Crippen LogP contribution in [-0.4, -0.2) is 47.5 Å². The van der Waals surface area contributed by atoms with Gasteiger partial charge in [0.15, 0.2) is 0 Å². The Morgan fingerprint density at radius 1 is 1.20 bits per heavy atom. The van der Waals surface area contributed by atoms with Gasteiger partial charge < -0.3 is 20.3 Å². The number of likely N-dealkylation sites (N-methyl/N-ethyl adjacent to an activating group) is 1. The molecule has 0 radical (unpaired) electrons. The second-order valence-corrected chi connectivity index (χ2v) is 8.54. The highest BCUT2D eigenvalue weighted by molar-refractivity contribution is 6.31. The summed E-state index contributed by atoms with van der Waals surface area (Å²) in [6, 6.07) is 7.84. The Bertz CT molecular complexity index is 1190. The first-order chi connectivity index (χ1) is 16.9. The molecule has 0 saturated heterocycles. The normalized spacial score (nSPS) is 11.4. The molecule has 1 amide bonds. The highest BCUT2D eigenvalue weighted by atomic mass is 35.5. The van der Waals surface area contributed by atoms with Crippen molar-refractivity contribution in [3.05, 3.63) is 59.7 Å². The first-order valence-electron chi connectivity index (χ1n) is 11.7. The Hall–Kier alpha value is -3.23. The molecular weight excluding hydrogens is 469 g/mol. The van der Waals surface area contributed by atoms with Crippen LogP contribution in [0.25, 0.3) is 10.9 Å². The average Bonchev–Trinajstić information content (AvgIpc) is 2.82. The van der Waals surface area contributed by atoms with E-state index in [9.17, 15) is 9.18 Å². The van der Waals surface area contributed by atoms with Gasteiger partial charge in [0, 0.05) is 29.8 Å². The topological polar surface area (TPSA) is 79.4 Å². The Kier molecular flexibility index (Phi) is 9.81. The summed E-state index contributed by atoms with van der Waals surface area (Å²) in [5.41, 5.74) is 1.70. The van der Waals surface area contributed by atoms with Crippen molar-refractivity contribution >= 4 is 45.6 Å². The van der Waals surface area contributed by atoms with Gasteiger partial charge in [-0.25, -0.2) is 14.4 Å². The van der Waals surface area contributed by atoms with Gasteiger partial charge >= 0.3 is 0 Å². The van der Waals surface area contributed by atoms with Crippen LogP contribution >= 0.6 is 11.6 Å². The van der Waals surface area contributed by atoms with Gasteiger partial charge in [0.1, 0.15) is 23.7 Å². The Balaban J connectivity index is 1.80. The monoisotopic (exact) mass is 499 g/mol. The van der Waals surface area contributed by atoms with E-state index in [2.05, 4.69) is 32.4 Å². The lowest BCUT2D eigenvalue weighted by molar-refractivity contribution is -0.111. The van der Waals surface area contributed by atoms with Crippen LogP contribution in [0.4, 0.5) is 21.6 Å². The van der Waals surface area contributed by atoms with Gasteiger partial charge in [0.05, 0.1) is 22.8 Å². The van der Waals surface area contributed by atoms with E-state index in [-0.39, 0.29) is 10.9 Å². The lowest BCUT2D eigenvalue weighted by Crippen LogP contribution is -2.20. The highest BCUT2D eigenvalue weighted by Crippen LogP contribution is 2.33. The third-order valence-electron chi connectivity index (χ3n) is 5.31. The Morgan fingerprint density at radius 2 is 2.03 bits per heavy atom. The third kappa shape index (κ3) is 7.63. The van der Waals surface area contributed by atoms with Gasteiger partial charge in [-0.15, -0.1) is 0 Å². The second kappa shape index (κ2) is 13.0. The molecule has 0 aliphatic heterocycles. The fraction of sp³-hybridized carbons (Fsp3) is 0.346. The molecule has 9 heteroatoms. The maximum Gasteiger partial charge on any atom is 0.248 e. The summed E-state index contributed by atoms with van der Waals surface area (Å²) in [7, 11) is 2.04. The molecule has 0 fully saturated rings. The SMILES string of the molecule is CCCCCN(C)C/C=C/C(=O)Nc1cc2c(Nc3ccc(F)c(Cl)c3)ncnc2cc1OCC. The zero-order valence-electron chi connectivity index (χ0n) is 20.3. The van der Waals surface area contributed by atoms with E-state index in [1.54, 1.807) is 18.2 Å². The molecule has 0 aliphatic rings. The highest BCUT2D eigenvalue weighted by Gasteiger charge is 2.13. The van der Waals surface area contributed by atoms with E-state index in [0.717, 1.165) is 13.0 Å². The minimum atomic E-state index is -0.503. The number of halogens is 2. The van der Waals surface area contributed by atoms with Crippen molar-refractivity contribution in [1.29, 1.82) is 0 Å². The van der Waals surface area contributed by atoms with E-state index in [1.165, 1.54) is 37.4 Å². The molecule has 2 N–H and O–H groups in total. The van der Waals surface area contributed by atoms with Crippen molar-refractivity contribution in [3.8, 4) is 5.75 Å². The molecular formula is C26H31ClFN5O2. The number of benzene rings is 2. The molecule has 35 heavy (non-hydrogen) atoms. The van der Waals surface area contributed by atoms with Crippen LogP contribution in [-0.2, 0) is 4.79 Å². The van der Waals surface area contributed by atoms with Crippen molar-refractivity contribution < 1.29 is 13.9 Å². The minimum Gasteiger partial charge on any atom is -0.492 e. The molecule has 0 aliphatic carbocycles. The first-order valence-corrected chi connectivity index (χ1v) is 12.1. The number of amides is 1. The number of hydrogen-bond donors (Lipinski definition) is 2. The van der Waals surface area contributed by atoms with Gasteiger partial charge in [-0.3, -0.25) is 4.79 Å². The van der Waals surface area contributed by atoms with Gasteiger partial charge in [-0.1, -0.05) is 37.4 Å². The van der Waals surface area contributed by atoms with E-state index < -0.39 is 5.82 Å². The van der Waals surface area contributed by atoms with Gasteiger partial charge in [0.25, 0.3) is 0 Å². The van der Waals surface area contributed by atoms with Gasteiger partial charge in [0.2, 0.25) is 5.91 Å². The van der Waals surface area contributed by atoms with Crippen LogP contribution in [0.5, 0.6) is 5.75 Å². The Labute approximate surface area is 210 Å². The quantitative estimate of drug-likeness (QED) is 0.229. The first kappa shape index (κ1) is 26.4. The number of anilines is 3. The molecule has 7 nitrogen and oxygen atoms in total. The Morgan fingerprint density at radius 3 is 2.77 bits per heavy atom. The largest absolute Gasteiger partial charge is 0.492 e. The maximum absolute atomic E-state index is 13.5. The van der Waals surface area contributed by atoms with Crippen LogP contribution in [0, 0.1) is 5.82 Å². The maximum atomic E-state index is 13.5. The molecule has 3 aromatic rings. The lowest BCUT2D eigenvalue weighted by Gasteiger charge is -2.15. The van der Waals surface area contributed by atoms with Crippen molar-refractivity contribution in [3.63, 3.8) is 0 Å². The van der Waals surface area contributed by atoms with Crippen LogP contribution in [0.2, 0.25) is 5.02 Å². The van der Waals surface area contributed by atoms with Crippen molar-refractivity contribution in [2.75, 3.05) is 37.4 Å². The molecule has 1 heterocycles. The van der Waals surface area contributed by atoms with Crippen molar-refractivity contribution in [1.82, 2.24) is 14.9 Å². The molecule has 0 spiro atoms. The molecule has 0 atom stereocenters. The van der Waals surface area contributed by atoms with E-state index >= 15 is 0 Å². The number of hydrogen-bond acceptors (Lipinski definition) is 6. The lowest BCUT2D eigenvalue weighted by atomic mass is 10.1. The summed E-state index contributed by atoms with van der Waals surface area (Å²) in [6.45, 7) is 6.16. The zero-order valence-corrected chi connectivity index (χ0v) is 21.0. The number of rotatable bonds is 12. The van der Waals surface area contributed by atoms with E-state index in [1.807, 2.05) is 20.0 Å². The average molecular weight is 500 g/mol. The van der Waals surface area contributed by atoms with Crippen LogP contribution in [0.3, 0.4) is 0 Å². The molecule has 0 saturated carbocycles. The number of carbonyl (C=O) groups is 1. The number of nitrogens with one attached hydrogen (secondary N) is 2. The van der Waals surface area contributed by atoms with Gasteiger partial charge in [-0.05, 0) is 51.2 Å². The second-order valence-electron chi connectivity index (χ2n) is 8.14. The summed E-state index contributed by atoms with van der Waals surface area (Å²) in [6.07, 6.45) is 8.31. The molecule has 3 rings (SSSR count). The van der Waals surface area contributed by atoms with Crippen molar-refractivity contribution in [2.24, 2.45) is 0 Å². The molecule has 0 unspecified atom stereocenters. The predicted molar refractivity (Wildman–Crippen MR) is 140 cm³/mol. The summed E-state index contributed by atoms with van der Waals surface area (Å²) < 4.78 is 19.3. The molecule has 2 aromatic carbocycles. The third-order valence-corrected chi connectivity index (χ3v) is 5.60. The summed E-state index contributed by atoms with van der Waals surface area (Å²) in [4.78, 5) is 23.4. The number of nitrogens with zero attached hydrogens (tertiary/aromatic N) is 3. The number of unbranched alkanes of at least 4 members (excludes halogenated alkanes) is 2. The fourth-order valence-corrected chi connectivity index (χ4v) is 3.68. The van der Waals surface area contributed by atoms with Crippen LogP contribution in [0.1, 0.15) is 33.1 Å². The summed E-state index contributed by atoms with van der Waals surface area (Å²) >= 11 is 5.91. The van der Waals surface area contributed by atoms with Crippen molar-refractivity contribution in [2.45, 2.75) is 33.1 Å². The summed E-state index contributed by atoms with van der Waals surface area (Å²) in [5.74, 6) is 0.230. The van der Waals surface area contributed by atoms with Crippen LogP contribution < -0.4 is 15.4 Å². The smallest absolute Gasteiger partial charge is 0.248 e. The molecule has 1 aromatic heterocycles. The van der Waals surface area contributed by atoms with Crippen LogP contribution in [0.15, 0.2) is 48.8 Å². The fourth-order valence-electron chi connectivity index (χ4n) is 3.50. The number of fused-ring (bicyclic) bond motifs is 1. The van der Waals surface area contributed by atoms with E-state index in [0.29, 0.717) is 47.0 Å². The predicted octanol–water partition coefficient (Wildman–Crippen LogP) is 6.18. The summed E-state index contributed by atoms with van der Waals surface area (Å²) in [5, 5.41) is 6.70. The minimum absolute atomic E-state index is 0.00254. The standard InChI is InChI=1S/C26H31ClFN5O2/c1-4-6-7-12-33(3)13-8-9-25(34)32-23-15-19-22(16-24(23)35-5-2)29-17-30-26(19)31-18-10-11-21(28)20(27)14-18/h8-11,14-17H,4-7,12-13H2,1-3H3,(H,32,34)(H,29,30,31)/b9-8+. The number of aromatic nitrogens is 2. The van der Waals surface area contributed by atoms with Gasteiger partial charge in [-0.2, -0.15) is 0 Å². The number of ether oxygens (including phenoxy) is 1.